The van der Waals surface area contributed by atoms with Gasteiger partial charge in [-0.25, -0.2) is 0 Å². The molecule has 4 nitrogen and oxygen atoms in total. The molecule has 1 heterocycles. The lowest BCUT2D eigenvalue weighted by atomic mass is 10.2. The van der Waals surface area contributed by atoms with Crippen molar-refractivity contribution in [2.24, 2.45) is 0 Å². The first-order chi connectivity index (χ1) is 9.69. The Morgan fingerprint density at radius 2 is 1.85 bits per heavy atom. The number of amides is 1. The molecular formula is C16H22N2O2. The molecule has 0 unspecified atom stereocenters. The van der Waals surface area contributed by atoms with Gasteiger partial charge in [-0.2, -0.15) is 0 Å². The maximum atomic E-state index is 12.1. The summed E-state index contributed by atoms with van der Waals surface area (Å²) in [5.74, 6) is 0.301. The molecule has 1 aromatic rings. The zero-order valence-corrected chi connectivity index (χ0v) is 12.0. The van der Waals surface area contributed by atoms with E-state index in [2.05, 4.69) is 11.8 Å². The fraction of sp³-hybridized carbons (Fsp3) is 0.438. The standard InChI is InChI=1S/C16H22N2O2/c1-2-9-17-10-12-18(13-11-17)16(20)8-5-14-3-6-15(19)7-4-14/h3-8,19H,2,9-13H2,1H3. The second-order valence-electron chi connectivity index (χ2n) is 5.09. The van der Waals surface area contributed by atoms with Gasteiger partial charge in [-0.15, -0.1) is 0 Å². The van der Waals surface area contributed by atoms with Crippen LogP contribution >= 0.6 is 0 Å². The highest BCUT2D eigenvalue weighted by Gasteiger charge is 2.18. The summed E-state index contributed by atoms with van der Waals surface area (Å²) in [6.45, 7) is 6.83. The number of phenols is 1. The summed E-state index contributed by atoms with van der Waals surface area (Å²) in [5.41, 5.74) is 0.917. The van der Waals surface area contributed by atoms with Crippen LogP contribution in [0.3, 0.4) is 0 Å². The summed E-state index contributed by atoms with van der Waals surface area (Å²) in [4.78, 5) is 16.4. The molecule has 0 spiro atoms. The summed E-state index contributed by atoms with van der Waals surface area (Å²) in [7, 11) is 0. The third-order valence-electron chi connectivity index (χ3n) is 3.54. The molecule has 108 valence electrons. The van der Waals surface area contributed by atoms with E-state index in [1.807, 2.05) is 4.90 Å². The minimum Gasteiger partial charge on any atom is -0.508 e. The molecular weight excluding hydrogens is 252 g/mol. The van der Waals surface area contributed by atoms with Crippen LogP contribution in [0.15, 0.2) is 30.3 Å². The minimum absolute atomic E-state index is 0.0641. The second-order valence-corrected chi connectivity index (χ2v) is 5.09. The van der Waals surface area contributed by atoms with Gasteiger partial charge in [-0.1, -0.05) is 19.1 Å². The van der Waals surface area contributed by atoms with E-state index in [0.717, 1.165) is 44.7 Å². The van der Waals surface area contributed by atoms with E-state index in [-0.39, 0.29) is 11.7 Å². The van der Waals surface area contributed by atoms with Crippen molar-refractivity contribution < 1.29 is 9.90 Å². The molecule has 20 heavy (non-hydrogen) atoms. The van der Waals surface area contributed by atoms with Crippen molar-refractivity contribution in [1.82, 2.24) is 9.80 Å². The van der Waals surface area contributed by atoms with Crippen molar-refractivity contribution in [1.29, 1.82) is 0 Å². The molecule has 1 amide bonds. The van der Waals surface area contributed by atoms with E-state index in [1.165, 1.54) is 0 Å². The van der Waals surface area contributed by atoms with Crippen molar-refractivity contribution in [3.63, 3.8) is 0 Å². The molecule has 2 rings (SSSR count). The van der Waals surface area contributed by atoms with Crippen molar-refractivity contribution in [3.05, 3.63) is 35.9 Å². The number of aromatic hydroxyl groups is 1. The Morgan fingerprint density at radius 3 is 2.45 bits per heavy atom. The summed E-state index contributed by atoms with van der Waals surface area (Å²) in [6.07, 6.45) is 4.57. The molecule has 1 fully saturated rings. The lowest BCUT2D eigenvalue weighted by Gasteiger charge is -2.34. The van der Waals surface area contributed by atoms with E-state index < -0.39 is 0 Å². The summed E-state index contributed by atoms with van der Waals surface area (Å²) >= 11 is 0. The SMILES string of the molecule is CCCN1CCN(C(=O)C=Cc2ccc(O)cc2)CC1. The first-order valence-electron chi connectivity index (χ1n) is 7.17. The largest absolute Gasteiger partial charge is 0.508 e. The summed E-state index contributed by atoms with van der Waals surface area (Å²) < 4.78 is 0. The van der Waals surface area contributed by atoms with Crippen LogP contribution < -0.4 is 0 Å². The van der Waals surface area contributed by atoms with E-state index in [9.17, 15) is 9.90 Å². The fourth-order valence-corrected chi connectivity index (χ4v) is 2.37. The van der Waals surface area contributed by atoms with Crippen molar-refractivity contribution >= 4 is 12.0 Å². The second kappa shape index (κ2) is 7.10. The van der Waals surface area contributed by atoms with E-state index in [0.29, 0.717) is 0 Å². The van der Waals surface area contributed by atoms with Crippen LogP contribution in [-0.2, 0) is 4.79 Å². The van der Waals surface area contributed by atoms with Crippen LogP contribution in [0.2, 0.25) is 0 Å². The third-order valence-corrected chi connectivity index (χ3v) is 3.54. The third kappa shape index (κ3) is 4.10. The molecule has 0 bridgehead atoms. The van der Waals surface area contributed by atoms with Crippen molar-refractivity contribution in [3.8, 4) is 5.75 Å². The average molecular weight is 274 g/mol. The van der Waals surface area contributed by atoms with Crippen LogP contribution in [0, 0.1) is 0 Å². The van der Waals surface area contributed by atoms with Crippen LogP contribution in [-0.4, -0.2) is 53.5 Å². The molecule has 1 N–H and O–H groups in total. The van der Waals surface area contributed by atoms with Crippen LogP contribution in [0.1, 0.15) is 18.9 Å². The predicted octanol–water partition coefficient (Wildman–Crippen LogP) is 1.96. The van der Waals surface area contributed by atoms with Gasteiger partial charge in [0.25, 0.3) is 0 Å². The van der Waals surface area contributed by atoms with E-state index in [4.69, 9.17) is 0 Å². The van der Waals surface area contributed by atoms with E-state index >= 15 is 0 Å². The zero-order valence-electron chi connectivity index (χ0n) is 12.0. The Bertz CT molecular complexity index is 460. The maximum Gasteiger partial charge on any atom is 0.246 e. The highest BCUT2D eigenvalue weighted by atomic mass is 16.3. The van der Waals surface area contributed by atoms with Gasteiger partial charge < -0.3 is 10.0 Å². The van der Waals surface area contributed by atoms with Gasteiger partial charge in [0.2, 0.25) is 5.91 Å². The Kier molecular flexibility index (Phi) is 5.18. The number of hydrogen-bond acceptors (Lipinski definition) is 3. The van der Waals surface area contributed by atoms with Crippen molar-refractivity contribution in [2.45, 2.75) is 13.3 Å². The number of nitrogens with zero attached hydrogens (tertiary/aromatic N) is 2. The predicted molar refractivity (Wildman–Crippen MR) is 80.5 cm³/mol. The van der Waals surface area contributed by atoms with Gasteiger partial charge in [-0.05, 0) is 36.7 Å². The van der Waals surface area contributed by atoms with Crippen LogP contribution in [0.25, 0.3) is 6.08 Å². The highest BCUT2D eigenvalue weighted by Crippen LogP contribution is 2.11. The topological polar surface area (TPSA) is 43.8 Å². The number of piperazine rings is 1. The van der Waals surface area contributed by atoms with Gasteiger partial charge in [0.05, 0.1) is 0 Å². The Labute approximate surface area is 120 Å². The lowest BCUT2D eigenvalue weighted by molar-refractivity contribution is -0.127. The first-order valence-corrected chi connectivity index (χ1v) is 7.17. The molecule has 1 saturated heterocycles. The molecule has 0 aromatic heterocycles. The smallest absolute Gasteiger partial charge is 0.246 e. The molecule has 0 atom stereocenters. The van der Waals surface area contributed by atoms with Gasteiger partial charge in [0, 0.05) is 32.3 Å². The molecule has 1 aliphatic heterocycles. The number of phenolic OH excluding ortho intramolecular Hbond substituents is 1. The van der Waals surface area contributed by atoms with Crippen molar-refractivity contribution in [2.75, 3.05) is 32.7 Å². The lowest BCUT2D eigenvalue weighted by Crippen LogP contribution is -2.48. The number of rotatable bonds is 4. The van der Waals surface area contributed by atoms with Gasteiger partial charge in [0.1, 0.15) is 5.75 Å². The van der Waals surface area contributed by atoms with Crippen LogP contribution in [0.4, 0.5) is 0 Å². The number of carbonyl (C=O) groups excluding carboxylic acids is 1. The first kappa shape index (κ1) is 14.6. The van der Waals surface area contributed by atoms with Gasteiger partial charge in [0.15, 0.2) is 0 Å². The summed E-state index contributed by atoms with van der Waals surface area (Å²) in [5, 5.41) is 9.20. The number of benzene rings is 1. The maximum absolute atomic E-state index is 12.1. The molecule has 1 aliphatic rings. The minimum atomic E-state index is 0.0641. The summed E-state index contributed by atoms with van der Waals surface area (Å²) in [6, 6.07) is 6.82. The Hall–Kier alpha value is -1.81. The fourth-order valence-electron chi connectivity index (χ4n) is 2.37. The van der Waals surface area contributed by atoms with Gasteiger partial charge in [-0.3, -0.25) is 9.69 Å². The van der Waals surface area contributed by atoms with E-state index in [1.54, 1.807) is 36.4 Å². The number of hydrogen-bond donors (Lipinski definition) is 1. The molecule has 4 heteroatoms. The monoisotopic (exact) mass is 274 g/mol. The van der Waals surface area contributed by atoms with Gasteiger partial charge >= 0.3 is 0 Å². The van der Waals surface area contributed by atoms with Crippen LogP contribution in [0.5, 0.6) is 5.75 Å². The highest BCUT2D eigenvalue weighted by molar-refractivity contribution is 5.91. The average Bonchev–Trinajstić information content (AvgIpc) is 2.47. The number of carbonyl (C=O) groups is 1. The quantitative estimate of drug-likeness (QED) is 0.854. The molecule has 1 aromatic carbocycles. The molecule has 0 radical (unpaired) electrons. The zero-order chi connectivity index (χ0) is 14.4. The molecule has 0 aliphatic carbocycles. The Morgan fingerprint density at radius 1 is 1.20 bits per heavy atom. The molecule has 0 saturated carbocycles. The normalized spacial score (nSPS) is 16.8. The Balaban J connectivity index is 1.85.